The molecule has 0 radical (unpaired) electrons. The van der Waals surface area contributed by atoms with Gasteiger partial charge in [0.25, 0.3) is 0 Å². The van der Waals surface area contributed by atoms with E-state index in [1.165, 1.54) is 0 Å². The van der Waals surface area contributed by atoms with Gasteiger partial charge >= 0.3 is 6.09 Å². The molecule has 16 heavy (non-hydrogen) atoms. The van der Waals surface area contributed by atoms with Gasteiger partial charge in [-0.1, -0.05) is 13.3 Å². The van der Waals surface area contributed by atoms with Crippen LogP contribution in [0.1, 0.15) is 39.8 Å². The van der Waals surface area contributed by atoms with Crippen molar-refractivity contribution in [2.75, 3.05) is 5.32 Å². The van der Waals surface area contributed by atoms with E-state index < -0.39 is 11.7 Å². The molecule has 1 rings (SSSR count). The van der Waals surface area contributed by atoms with Gasteiger partial charge in [0.2, 0.25) is 0 Å². The van der Waals surface area contributed by atoms with Crippen LogP contribution in [0.2, 0.25) is 0 Å². The number of aromatic amines is 1. The smallest absolute Gasteiger partial charge is 0.413 e. The zero-order valence-electron chi connectivity index (χ0n) is 10.3. The van der Waals surface area contributed by atoms with Crippen molar-refractivity contribution in [2.45, 2.75) is 46.1 Å². The van der Waals surface area contributed by atoms with Gasteiger partial charge in [0.1, 0.15) is 5.60 Å². The normalized spacial score (nSPS) is 11.2. The highest BCUT2D eigenvalue weighted by atomic mass is 16.6. The molecule has 5 heteroatoms. The van der Waals surface area contributed by atoms with Gasteiger partial charge in [-0.25, -0.2) is 4.79 Å². The molecular weight excluding hydrogens is 206 g/mol. The van der Waals surface area contributed by atoms with Gasteiger partial charge in [-0.05, 0) is 27.2 Å². The fraction of sp³-hybridized carbons (Fsp3) is 0.636. The van der Waals surface area contributed by atoms with Crippen molar-refractivity contribution in [3.63, 3.8) is 0 Å². The molecule has 0 saturated carbocycles. The molecule has 0 aromatic carbocycles. The van der Waals surface area contributed by atoms with Crippen LogP contribution < -0.4 is 5.32 Å². The molecule has 1 amide bonds. The number of ether oxygens (including phenoxy) is 1. The van der Waals surface area contributed by atoms with Crippen LogP contribution in [-0.2, 0) is 11.2 Å². The number of carbonyl (C=O) groups is 1. The third-order valence-corrected chi connectivity index (χ3v) is 1.78. The zero-order valence-corrected chi connectivity index (χ0v) is 10.3. The van der Waals surface area contributed by atoms with Gasteiger partial charge in [0.15, 0.2) is 5.82 Å². The Kier molecular flexibility index (Phi) is 3.93. The Hall–Kier alpha value is -1.52. The molecule has 0 fully saturated rings. The lowest BCUT2D eigenvalue weighted by Crippen LogP contribution is -2.27. The number of aromatic nitrogens is 2. The molecule has 0 atom stereocenters. The van der Waals surface area contributed by atoms with E-state index >= 15 is 0 Å². The minimum atomic E-state index is -0.493. The van der Waals surface area contributed by atoms with E-state index in [9.17, 15) is 4.79 Å². The van der Waals surface area contributed by atoms with Crippen LogP contribution in [0.5, 0.6) is 0 Å². The first-order valence-electron chi connectivity index (χ1n) is 5.45. The summed E-state index contributed by atoms with van der Waals surface area (Å²) in [6, 6.07) is 1.81. The number of nitrogens with one attached hydrogen (secondary N) is 2. The highest BCUT2D eigenvalue weighted by Gasteiger charge is 2.16. The summed E-state index contributed by atoms with van der Waals surface area (Å²) in [5.74, 6) is 0.498. The Morgan fingerprint density at radius 2 is 2.25 bits per heavy atom. The minimum absolute atomic E-state index is 0.484. The van der Waals surface area contributed by atoms with Crippen LogP contribution in [0.25, 0.3) is 0 Å². The quantitative estimate of drug-likeness (QED) is 0.831. The molecule has 90 valence electrons. The summed E-state index contributed by atoms with van der Waals surface area (Å²) in [5, 5.41) is 9.40. The number of H-pyrrole nitrogens is 1. The average molecular weight is 225 g/mol. The lowest BCUT2D eigenvalue weighted by molar-refractivity contribution is 0.0635. The van der Waals surface area contributed by atoms with E-state index in [1.807, 2.05) is 26.8 Å². The van der Waals surface area contributed by atoms with Crippen molar-refractivity contribution in [1.82, 2.24) is 10.2 Å². The van der Waals surface area contributed by atoms with E-state index in [1.54, 1.807) is 0 Å². The van der Waals surface area contributed by atoms with Crippen molar-refractivity contribution in [1.29, 1.82) is 0 Å². The second kappa shape index (κ2) is 5.01. The van der Waals surface area contributed by atoms with Crippen molar-refractivity contribution >= 4 is 11.9 Å². The predicted octanol–water partition coefficient (Wildman–Crippen LogP) is 2.71. The van der Waals surface area contributed by atoms with Crippen molar-refractivity contribution < 1.29 is 9.53 Å². The summed E-state index contributed by atoms with van der Waals surface area (Å²) in [4.78, 5) is 11.4. The Morgan fingerprint density at radius 1 is 1.56 bits per heavy atom. The Morgan fingerprint density at radius 3 is 2.81 bits per heavy atom. The Bertz CT molecular complexity index is 352. The first-order chi connectivity index (χ1) is 7.40. The van der Waals surface area contributed by atoms with Gasteiger partial charge in [-0.15, -0.1) is 0 Å². The second-order valence-corrected chi connectivity index (χ2v) is 4.66. The third-order valence-electron chi connectivity index (χ3n) is 1.78. The SMILES string of the molecule is CCCc1cc(NC(=O)OC(C)(C)C)n[nH]1. The molecule has 0 bridgehead atoms. The fourth-order valence-corrected chi connectivity index (χ4v) is 1.23. The summed E-state index contributed by atoms with van der Waals surface area (Å²) in [5.41, 5.74) is 0.515. The summed E-state index contributed by atoms with van der Waals surface area (Å²) in [6.07, 6.45) is 1.47. The topological polar surface area (TPSA) is 67.0 Å². The summed E-state index contributed by atoms with van der Waals surface area (Å²) in [6.45, 7) is 7.54. The molecule has 0 saturated heterocycles. The number of rotatable bonds is 3. The average Bonchev–Trinajstić information content (AvgIpc) is 2.49. The van der Waals surface area contributed by atoms with Crippen LogP contribution >= 0.6 is 0 Å². The lowest BCUT2D eigenvalue weighted by atomic mass is 10.2. The maximum atomic E-state index is 11.4. The number of hydrogen-bond acceptors (Lipinski definition) is 3. The van der Waals surface area contributed by atoms with Crippen LogP contribution in [-0.4, -0.2) is 21.9 Å². The molecule has 0 aliphatic rings. The maximum Gasteiger partial charge on any atom is 0.413 e. The molecule has 1 aromatic rings. The molecule has 0 aliphatic carbocycles. The van der Waals surface area contributed by atoms with Crippen LogP contribution in [0.15, 0.2) is 6.07 Å². The molecule has 5 nitrogen and oxygen atoms in total. The van der Waals surface area contributed by atoms with E-state index in [0.717, 1.165) is 18.5 Å². The van der Waals surface area contributed by atoms with Gasteiger partial charge in [0.05, 0.1) is 0 Å². The number of nitrogens with zero attached hydrogens (tertiary/aromatic N) is 1. The maximum absolute atomic E-state index is 11.4. The summed E-state index contributed by atoms with van der Waals surface area (Å²) >= 11 is 0. The molecule has 0 unspecified atom stereocenters. The first-order valence-corrected chi connectivity index (χ1v) is 5.45. The summed E-state index contributed by atoms with van der Waals surface area (Å²) in [7, 11) is 0. The number of anilines is 1. The largest absolute Gasteiger partial charge is 0.444 e. The minimum Gasteiger partial charge on any atom is -0.444 e. The standard InChI is InChI=1S/C11H19N3O2/c1-5-6-8-7-9(14-13-8)12-10(15)16-11(2,3)4/h7H,5-6H2,1-4H3,(H2,12,13,14,15). The van der Waals surface area contributed by atoms with Crippen molar-refractivity contribution in [3.8, 4) is 0 Å². The lowest BCUT2D eigenvalue weighted by Gasteiger charge is -2.18. The molecule has 0 aliphatic heterocycles. The van der Waals surface area contributed by atoms with Crippen LogP contribution in [0, 0.1) is 0 Å². The number of hydrogen-bond donors (Lipinski definition) is 2. The second-order valence-electron chi connectivity index (χ2n) is 4.66. The van der Waals surface area contributed by atoms with Gasteiger partial charge in [-0.3, -0.25) is 10.4 Å². The zero-order chi connectivity index (χ0) is 12.2. The van der Waals surface area contributed by atoms with E-state index in [4.69, 9.17) is 4.74 Å². The fourth-order valence-electron chi connectivity index (χ4n) is 1.23. The van der Waals surface area contributed by atoms with Crippen LogP contribution in [0.3, 0.4) is 0 Å². The molecular formula is C11H19N3O2. The Balaban J connectivity index is 2.50. The van der Waals surface area contributed by atoms with E-state index in [0.29, 0.717) is 5.82 Å². The van der Waals surface area contributed by atoms with Gasteiger partial charge < -0.3 is 4.74 Å². The number of aryl methyl sites for hydroxylation is 1. The van der Waals surface area contributed by atoms with Crippen molar-refractivity contribution in [2.24, 2.45) is 0 Å². The van der Waals surface area contributed by atoms with Gasteiger partial charge in [-0.2, -0.15) is 5.10 Å². The molecule has 1 heterocycles. The Labute approximate surface area is 95.6 Å². The molecule has 2 N–H and O–H groups in total. The number of amides is 1. The first kappa shape index (κ1) is 12.5. The highest BCUT2D eigenvalue weighted by molar-refractivity contribution is 5.83. The van der Waals surface area contributed by atoms with E-state index in [2.05, 4.69) is 22.4 Å². The van der Waals surface area contributed by atoms with Crippen LogP contribution in [0.4, 0.5) is 10.6 Å². The third kappa shape index (κ3) is 4.33. The van der Waals surface area contributed by atoms with Gasteiger partial charge in [0, 0.05) is 11.8 Å². The summed E-state index contributed by atoms with van der Waals surface area (Å²) < 4.78 is 5.11. The molecule has 0 spiro atoms. The monoisotopic (exact) mass is 225 g/mol. The highest BCUT2D eigenvalue weighted by Crippen LogP contribution is 2.11. The number of carbonyl (C=O) groups excluding carboxylic acids is 1. The van der Waals surface area contributed by atoms with E-state index in [-0.39, 0.29) is 0 Å². The van der Waals surface area contributed by atoms with Crippen molar-refractivity contribution in [3.05, 3.63) is 11.8 Å². The predicted molar refractivity (Wildman–Crippen MR) is 62.4 cm³/mol. The molecule has 1 aromatic heterocycles.